The van der Waals surface area contributed by atoms with Crippen LogP contribution < -0.4 is 0 Å². The van der Waals surface area contributed by atoms with Gasteiger partial charge in [-0.1, -0.05) is 6.92 Å². The molecule has 2 aromatic heterocycles. The van der Waals surface area contributed by atoms with Crippen LogP contribution in [0, 0.1) is 12.8 Å². The average Bonchev–Trinajstić information content (AvgIpc) is 3.09. The van der Waals surface area contributed by atoms with Gasteiger partial charge in [-0.15, -0.1) is 0 Å². The molecule has 0 saturated carbocycles. The Morgan fingerprint density at radius 1 is 1.07 bits per heavy atom. The first kappa shape index (κ1) is 18.6. The Bertz CT molecular complexity index is 718. The molecule has 4 rings (SSSR count). The molecule has 4 heterocycles. The molecule has 27 heavy (non-hydrogen) atoms. The van der Waals surface area contributed by atoms with Gasteiger partial charge in [-0.2, -0.15) is 0 Å². The van der Waals surface area contributed by atoms with E-state index in [1.807, 2.05) is 18.6 Å². The van der Waals surface area contributed by atoms with E-state index in [-0.39, 0.29) is 0 Å². The minimum absolute atomic E-state index is 0.719. The van der Waals surface area contributed by atoms with Crippen LogP contribution in [0.5, 0.6) is 0 Å². The molecular weight excluding hydrogens is 334 g/mol. The van der Waals surface area contributed by atoms with E-state index in [2.05, 4.69) is 45.3 Å². The molecule has 2 saturated heterocycles. The first-order chi connectivity index (χ1) is 13.2. The number of pyridine rings is 1. The van der Waals surface area contributed by atoms with Gasteiger partial charge < -0.3 is 9.47 Å². The quantitative estimate of drug-likeness (QED) is 0.811. The van der Waals surface area contributed by atoms with E-state index in [0.29, 0.717) is 0 Å². The van der Waals surface area contributed by atoms with Crippen molar-refractivity contribution in [3.63, 3.8) is 0 Å². The lowest BCUT2D eigenvalue weighted by molar-refractivity contribution is 0.0689. The zero-order valence-corrected chi connectivity index (χ0v) is 16.8. The molecule has 2 aliphatic rings. The van der Waals surface area contributed by atoms with Crippen molar-refractivity contribution >= 4 is 0 Å². The Hall–Kier alpha value is -1.72. The fraction of sp³-hybridized carbons (Fsp3) is 0.636. The van der Waals surface area contributed by atoms with Gasteiger partial charge in [0.05, 0.1) is 0 Å². The second-order valence-electron chi connectivity index (χ2n) is 8.24. The lowest BCUT2D eigenvalue weighted by Crippen LogP contribution is -2.48. The van der Waals surface area contributed by atoms with E-state index < -0.39 is 0 Å². The normalized spacial score (nSPS) is 23.0. The van der Waals surface area contributed by atoms with Crippen molar-refractivity contribution in [2.24, 2.45) is 5.92 Å². The number of hydrogen-bond acceptors (Lipinski definition) is 4. The van der Waals surface area contributed by atoms with Crippen molar-refractivity contribution < 1.29 is 0 Å². The summed E-state index contributed by atoms with van der Waals surface area (Å²) in [6, 6.07) is 4.92. The van der Waals surface area contributed by atoms with Gasteiger partial charge in [0.2, 0.25) is 0 Å². The Morgan fingerprint density at radius 3 is 2.59 bits per heavy atom. The summed E-state index contributed by atoms with van der Waals surface area (Å²) in [5, 5.41) is 0. The molecule has 0 aromatic carbocycles. The summed E-state index contributed by atoms with van der Waals surface area (Å²) in [6.07, 6.45) is 11.1. The number of rotatable bonds is 5. The second-order valence-corrected chi connectivity index (χ2v) is 8.24. The van der Waals surface area contributed by atoms with Gasteiger partial charge in [0.25, 0.3) is 0 Å². The van der Waals surface area contributed by atoms with Crippen molar-refractivity contribution in [2.45, 2.75) is 52.1 Å². The molecule has 2 fully saturated rings. The molecule has 5 nitrogen and oxygen atoms in total. The van der Waals surface area contributed by atoms with Crippen molar-refractivity contribution in [3.05, 3.63) is 36.4 Å². The van der Waals surface area contributed by atoms with Crippen molar-refractivity contribution in [2.75, 3.05) is 32.7 Å². The van der Waals surface area contributed by atoms with Crippen LogP contribution in [0.4, 0.5) is 0 Å². The molecule has 1 unspecified atom stereocenters. The number of hydrogen-bond donors (Lipinski definition) is 0. The number of likely N-dealkylation sites (tertiary alicyclic amines) is 2. The van der Waals surface area contributed by atoms with Crippen LogP contribution in [-0.4, -0.2) is 63.1 Å². The highest BCUT2D eigenvalue weighted by atomic mass is 15.2. The summed E-state index contributed by atoms with van der Waals surface area (Å²) in [7, 11) is 0. The number of imidazole rings is 1. The molecule has 1 atom stereocenters. The molecule has 5 heteroatoms. The lowest BCUT2D eigenvalue weighted by atomic mass is 9.93. The van der Waals surface area contributed by atoms with Crippen LogP contribution in [0.3, 0.4) is 0 Å². The summed E-state index contributed by atoms with van der Waals surface area (Å²) >= 11 is 0. The molecule has 0 amide bonds. The minimum Gasteiger partial charge on any atom is -0.328 e. The molecule has 2 aliphatic heterocycles. The maximum atomic E-state index is 4.69. The Morgan fingerprint density at radius 2 is 1.85 bits per heavy atom. The van der Waals surface area contributed by atoms with E-state index in [1.54, 1.807) is 0 Å². The number of piperidine rings is 2. The van der Waals surface area contributed by atoms with Crippen LogP contribution in [0.25, 0.3) is 11.4 Å². The highest BCUT2D eigenvalue weighted by Gasteiger charge is 2.29. The average molecular weight is 368 g/mol. The second kappa shape index (κ2) is 8.53. The minimum atomic E-state index is 0.719. The Labute approximate surface area is 163 Å². The van der Waals surface area contributed by atoms with Gasteiger partial charge in [0.15, 0.2) is 0 Å². The Kier molecular flexibility index (Phi) is 5.89. The Balaban J connectivity index is 1.42. The topological polar surface area (TPSA) is 37.2 Å². The largest absolute Gasteiger partial charge is 0.328 e. The number of aromatic nitrogens is 3. The maximum Gasteiger partial charge on any atom is 0.140 e. The van der Waals surface area contributed by atoms with Gasteiger partial charge in [0, 0.05) is 49.0 Å². The van der Waals surface area contributed by atoms with Gasteiger partial charge in [-0.3, -0.25) is 9.88 Å². The lowest BCUT2D eigenvalue weighted by Gasteiger charge is -2.42. The molecule has 0 N–H and O–H groups in total. The third-order valence-electron chi connectivity index (χ3n) is 6.51. The first-order valence-corrected chi connectivity index (χ1v) is 10.6. The van der Waals surface area contributed by atoms with Crippen molar-refractivity contribution in [3.8, 4) is 11.4 Å². The van der Waals surface area contributed by atoms with Crippen LogP contribution >= 0.6 is 0 Å². The predicted octanol–water partition coefficient (Wildman–Crippen LogP) is 3.45. The van der Waals surface area contributed by atoms with E-state index in [4.69, 9.17) is 4.98 Å². The highest BCUT2D eigenvalue weighted by Crippen LogP contribution is 2.27. The molecular formula is C22H33N5. The van der Waals surface area contributed by atoms with Gasteiger partial charge in [-0.05, 0) is 76.8 Å². The van der Waals surface area contributed by atoms with Crippen LogP contribution in [0.15, 0.2) is 30.7 Å². The van der Waals surface area contributed by atoms with E-state index in [9.17, 15) is 0 Å². The van der Waals surface area contributed by atoms with Crippen molar-refractivity contribution in [1.29, 1.82) is 0 Å². The molecule has 0 spiro atoms. The molecule has 0 radical (unpaired) electrons. The van der Waals surface area contributed by atoms with Crippen LogP contribution in [0.2, 0.25) is 0 Å². The summed E-state index contributed by atoms with van der Waals surface area (Å²) in [5.74, 6) is 1.81. The summed E-state index contributed by atoms with van der Waals surface area (Å²) in [6.45, 7) is 11.8. The molecule has 0 bridgehead atoms. The molecule has 2 aromatic rings. The zero-order chi connectivity index (χ0) is 18.6. The van der Waals surface area contributed by atoms with Crippen molar-refractivity contribution in [1.82, 2.24) is 24.3 Å². The first-order valence-electron chi connectivity index (χ1n) is 10.6. The monoisotopic (exact) mass is 367 g/mol. The SMILES string of the molecule is CCN1CCC(N2CCCC(Cn3c(C)cnc3-c3ccncc3)C2)CC1. The summed E-state index contributed by atoms with van der Waals surface area (Å²) in [4.78, 5) is 14.2. The predicted molar refractivity (Wildman–Crippen MR) is 110 cm³/mol. The smallest absolute Gasteiger partial charge is 0.140 e. The maximum absolute atomic E-state index is 4.69. The third kappa shape index (κ3) is 4.25. The van der Waals surface area contributed by atoms with Crippen LogP contribution in [-0.2, 0) is 6.54 Å². The molecule has 146 valence electrons. The molecule has 0 aliphatic carbocycles. The van der Waals surface area contributed by atoms with E-state index in [0.717, 1.165) is 29.9 Å². The third-order valence-corrected chi connectivity index (χ3v) is 6.51. The zero-order valence-electron chi connectivity index (χ0n) is 16.8. The van der Waals surface area contributed by atoms with E-state index in [1.165, 1.54) is 64.1 Å². The number of nitrogens with zero attached hydrogens (tertiary/aromatic N) is 5. The van der Waals surface area contributed by atoms with Gasteiger partial charge >= 0.3 is 0 Å². The van der Waals surface area contributed by atoms with Gasteiger partial charge in [0.1, 0.15) is 5.82 Å². The highest BCUT2D eigenvalue weighted by molar-refractivity contribution is 5.55. The fourth-order valence-electron chi connectivity index (χ4n) is 4.86. The fourth-order valence-corrected chi connectivity index (χ4v) is 4.86. The van der Waals surface area contributed by atoms with E-state index >= 15 is 0 Å². The van der Waals surface area contributed by atoms with Crippen LogP contribution in [0.1, 0.15) is 38.3 Å². The standard InChI is InChI=1S/C22H33N5/c1-3-25-13-8-21(9-14-25)26-12-4-5-19(16-26)17-27-18(2)15-24-22(27)20-6-10-23-11-7-20/h6-7,10-11,15,19,21H,3-5,8-9,12-14,16-17H2,1-2H3. The number of aryl methyl sites for hydroxylation is 1. The van der Waals surface area contributed by atoms with Gasteiger partial charge in [-0.25, -0.2) is 4.98 Å². The summed E-state index contributed by atoms with van der Waals surface area (Å²) < 4.78 is 2.42. The summed E-state index contributed by atoms with van der Waals surface area (Å²) in [5.41, 5.74) is 2.42.